The SMILES string of the molecule is COC(=O)[C@]1(C)C[C@H]1CN. The molecular weight excluding hydrogens is 130 g/mol. The van der Waals surface area contributed by atoms with Crippen LogP contribution in [0.15, 0.2) is 0 Å². The molecule has 0 aliphatic heterocycles. The first-order valence-corrected chi connectivity index (χ1v) is 3.43. The topological polar surface area (TPSA) is 52.3 Å². The molecular formula is C7H13NO2. The van der Waals surface area contributed by atoms with E-state index in [1.807, 2.05) is 6.92 Å². The van der Waals surface area contributed by atoms with Crippen LogP contribution in [0.1, 0.15) is 13.3 Å². The first-order valence-electron chi connectivity index (χ1n) is 3.43. The average molecular weight is 143 g/mol. The standard InChI is InChI=1S/C7H13NO2/c1-7(6(9)10-2)3-5(7)4-8/h5H,3-4,8H2,1-2H3/t5-,7+/m0/s1. The van der Waals surface area contributed by atoms with Gasteiger partial charge in [0, 0.05) is 0 Å². The van der Waals surface area contributed by atoms with Crippen LogP contribution in [0.4, 0.5) is 0 Å². The predicted octanol–water partition coefficient (Wildman–Crippen LogP) is 0.144. The van der Waals surface area contributed by atoms with Crippen LogP contribution in [0.25, 0.3) is 0 Å². The van der Waals surface area contributed by atoms with Gasteiger partial charge < -0.3 is 10.5 Å². The molecule has 0 saturated heterocycles. The second kappa shape index (κ2) is 2.23. The Morgan fingerprint density at radius 2 is 2.50 bits per heavy atom. The summed E-state index contributed by atoms with van der Waals surface area (Å²) < 4.78 is 4.61. The molecule has 10 heavy (non-hydrogen) atoms. The first-order chi connectivity index (χ1) is 4.65. The molecule has 3 heteroatoms. The molecule has 1 rings (SSSR count). The average Bonchev–Trinajstić information content (AvgIpc) is 2.61. The zero-order valence-corrected chi connectivity index (χ0v) is 6.39. The van der Waals surface area contributed by atoms with Crippen molar-refractivity contribution >= 4 is 5.97 Å². The number of esters is 1. The maximum Gasteiger partial charge on any atom is 0.311 e. The fraction of sp³-hybridized carbons (Fsp3) is 0.857. The lowest BCUT2D eigenvalue weighted by Crippen LogP contribution is -2.19. The van der Waals surface area contributed by atoms with Crippen LogP contribution in [-0.4, -0.2) is 19.6 Å². The highest BCUT2D eigenvalue weighted by Crippen LogP contribution is 2.52. The molecule has 2 N–H and O–H groups in total. The molecule has 1 saturated carbocycles. The first kappa shape index (κ1) is 7.54. The van der Waals surface area contributed by atoms with Crippen molar-refractivity contribution in [3.63, 3.8) is 0 Å². The molecule has 58 valence electrons. The highest BCUT2D eigenvalue weighted by molar-refractivity contribution is 5.80. The number of hydrogen-bond donors (Lipinski definition) is 1. The Morgan fingerprint density at radius 1 is 1.90 bits per heavy atom. The fourth-order valence-corrected chi connectivity index (χ4v) is 1.28. The normalized spacial score (nSPS) is 37.3. The zero-order valence-electron chi connectivity index (χ0n) is 6.39. The van der Waals surface area contributed by atoms with E-state index in [0.717, 1.165) is 6.42 Å². The van der Waals surface area contributed by atoms with Gasteiger partial charge in [-0.25, -0.2) is 0 Å². The summed E-state index contributed by atoms with van der Waals surface area (Å²) in [6.45, 7) is 2.49. The van der Waals surface area contributed by atoms with Crippen molar-refractivity contribution in [3.8, 4) is 0 Å². The van der Waals surface area contributed by atoms with Gasteiger partial charge in [-0.2, -0.15) is 0 Å². The number of methoxy groups -OCH3 is 1. The fourth-order valence-electron chi connectivity index (χ4n) is 1.28. The molecule has 1 aliphatic rings. The number of rotatable bonds is 2. The van der Waals surface area contributed by atoms with Gasteiger partial charge in [0.15, 0.2) is 0 Å². The number of carbonyl (C=O) groups excluding carboxylic acids is 1. The van der Waals surface area contributed by atoms with E-state index < -0.39 is 0 Å². The second-order valence-electron chi connectivity index (χ2n) is 3.05. The smallest absolute Gasteiger partial charge is 0.311 e. The third kappa shape index (κ3) is 0.904. The number of hydrogen-bond acceptors (Lipinski definition) is 3. The van der Waals surface area contributed by atoms with Gasteiger partial charge >= 0.3 is 5.97 Å². The summed E-state index contributed by atoms with van der Waals surface area (Å²) in [6, 6.07) is 0. The van der Waals surface area contributed by atoms with Crippen LogP contribution in [0, 0.1) is 11.3 Å². The third-order valence-corrected chi connectivity index (χ3v) is 2.35. The maximum atomic E-state index is 11.0. The molecule has 0 spiro atoms. The van der Waals surface area contributed by atoms with Gasteiger partial charge in [0.1, 0.15) is 0 Å². The van der Waals surface area contributed by atoms with Crippen molar-refractivity contribution in [1.82, 2.24) is 0 Å². The zero-order chi connectivity index (χ0) is 7.78. The molecule has 1 aliphatic carbocycles. The number of carbonyl (C=O) groups is 1. The van der Waals surface area contributed by atoms with Crippen molar-refractivity contribution in [1.29, 1.82) is 0 Å². The van der Waals surface area contributed by atoms with E-state index in [4.69, 9.17) is 5.73 Å². The summed E-state index contributed by atoms with van der Waals surface area (Å²) in [5, 5.41) is 0. The summed E-state index contributed by atoms with van der Waals surface area (Å²) >= 11 is 0. The summed E-state index contributed by atoms with van der Waals surface area (Å²) in [4.78, 5) is 11.0. The molecule has 0 heterocycles. The van der Waals surface area contributed by atoms with E-state index in [1.54, 1.807) is 0 Å². The van der Waals surface area contributed by atoms with E-state index in [0.29, 0.717) is 12.5 Å². The molecule has 0 aromatic heterocycles. The van der Waals surface area contributed by atoms with Crippen molar-refractivity contribution in [3.05, 3.63) is 0 Å². The van der Waals surface area contributed by atoms with Gasteiger partial charge in [-0.1, -0.05) is 0 Å². The monoisotopic (exact) mass is 143 g/mol. The van der Waals surface area contributed by atoms with E-state index in [9.17, 15) is 4.79 Å². The van der Waals surface area contributed by atoms with Crippen molar-refractivity contribution in [2.24, 2.45) is 17.1 Å². The minimum atomic E-state index is -0.260. The molecule has 0 radical (unpaired) electrons. The van der Waals surface area contributed by atoms with E-state index in [-0.39, 0.29) is 11.4 Å². The molecule has 0 amide bonds. The molecule has 3 nitrogen and oxygen atoms in total. The second-order valence-corrected chi connectivity index (χ2v) is 3.05. The Kier molecular flexibility index (Phi) is 1.68. The molecule has 2 atom stereocenters. The summed E-state index contributed by atoms with van der Waals surface area (Å²) in [5.41, 5.74) is 5.13. The summed E-state index contributed by atoms with van der Waals surface area (Å²) in [6.07, 6.45) is 0.885. The highest BCUT2D eigenvalue weighted by Gasteiger charge is 2.56. The van der Waals surface area contributed by atoms with Crippen LogP contribution in [0.5, 0.6) is 0 Å². The minimum Gasteiger partial charge on any atom is -0.469 e. The Labute approximate surface area is 60.5 Å². The lowest BCUT2D eigenvalue weighted by atomic mass is 10.1. The number of ether oxygens (including phenoxy) is 1. The molecule has 1 fully saturated rings. The molecule has 0 aromatic rings. The van der Waals surface area contributed by atoms with Crippen LogP contribution in [-0.2, 0) is 9.53 Å². The van der Waals surface area contributed by atoms with E-state index >= 15 is 0 Å². The Balaban J connectivity index is 2.50. The van der Waals surface area contributed by atoms with Gasteiger partial charge in [-0.05, 0) is 25.8 Å². The molecule has 0 unspecified atom stereocenters. The van der Waals surface area contributed by atoms with Gasteiger partial charge in [-0.3, -0.25) is 4.79 Å². The van der Waals surface area contributed by atoms with Crippen LogP contribution in [0.3, 0.4) is 0 Å². The van der Waals surface area contributed by atoms with E-state index in [1.165, 1.54) is 7.11 Å². The lowest BCUT2D eigenvalue weighted by molar-refractivity contribution is -0.146. The Hall–Kier alpha value is -0.570. The Morgan fingerprint density at radius 3 is 2.80 bits per heavy atom. The van der Waals surface area contributed by atoms with Crippen molar-refractivity contribution < 1.29 is 9.53 Å². The molecule has 0 aromatic carbocycles. The van der Waals surface area contributed by atoms with Gasteiger partial charge in [0.2, 0.25) is 0 Å². The molecule has 0 bridgehead atoms. The minimum absolute atomic E-state index is 0.122. The maximum absolute atomic E-state index is 11.0. The van der Waals surface area contributed by atoms with Crippen LogP contribution < -0.4 is 5.73 Å². The third-order valence-electron chi connectivity index (χ3n) is 2.35. The summed E-state index contributed by atoms with van der Waals surface area (Å²) in [5.74, 6) is 0.225. The van der Waals surface area contributed by atoms with Gasteiger partial charge in [0.05, 0.1) is 12.5 Å². The van der Waals surface area contributed by atoms with E-state index in [2.05, 4.69) is 4.74 Å². The van der Waals surface area contributed by atoms with Crippen molar-refractivity contribution in [2.45, 2.75) is 13.3 Å². The summed E-state index contributed by atoms with van der Waals surface area (Å²) in [7, 11) is 1.42. The predicted molar refractivity (Wildman–Crippen MR) is 37.3 cm³/mol. The largest absolute Gasteiger partial charge is 0.469 e. The Bertz CT molecular complexity index is 158. The van der Waals surface area contributed by atoms with Crippen molar-refractivity contribution in [2.75, 3.05) is 13.7 Å². The number of nitrogens with two attached hydrogens (primary N) is 1. The quantitative estimate of drug-likeness (QED) is 0.559. The van der Waals surface area contributed by atoms with Crippen LogP contribution in [0.2, 0.25) is 0 Å². The van der Waals surface area contributed by atoms with Gasteiger partial charge in [-0.15, -0.1) is 0 Å². The highest BCUT2D eigenvalue weighted by atomic mass is 16.5. The lowest BCUT2D eigenvalue weighted by Gasteiger charge is -2.05. The van der Waals surface area contributed by atoms with Gasteiger partial charge in [0.25, 0.3) is 0 Å². The van der Waals surface area contributed by atoms with Crippen LogP contribution >= 0.6 is 0 Å².